The standard InChI is InChI=1S/C16H19N3O4S/c1-22-13-4-6-15(7-5-13)24(20,21)19-11-8-14(9-12-19)23-16-3-2-10-17-18-16/h2-7,10,14H,8-9,11-12H2,1H3. The molecule has 0 amide bonds. The number of sulfonamides is 1. The van der Waals surface area contributed by atoms with Crippen LogP contribution in [0.1, 0.15) is 12.8 Å². The summed E-state index contributed by atoms with van der Waals surface area (Å²) in [6.07, 6.45) is 2.76. The van der Waals surface area contributed by atoms with Gasteiger partial charge in [-0.2, -0.15) is 9.40 Å². The van der Waals surface area contributed by atoms with Crippen LogP contribution in [-0.4, -0.2) is 49.2 Å². The predicted molar refractivity (Wildman–Crippen MR) is 87.4 cm³/mol. The molecule has 128 valence electrons. The Morgan fingerprint density at radius 1 is 1.12 bits per heavy atom. The van der Waals surface area contributed by atoms with Gasteiger partial charge in [-0.1, -0.05) is 0 Å². The first kappa shape index (κ1) is 16.7. The fraction of sp³-hybridized carbons (Fsp3) is 0.375. The van der Waals surface area contributed by atoms with Gasteiger partial charge in [-0.3, -0.25) is 0 Å². The van der Waals surface area contributed by atoms with Gasteiger partial charge >= 0.3 is 0 Å². The number of rotatable bonds is 5. The van der Waals surface area contributed by atoms with E-state index < -0.39 is 10.0 Å². The molecule has 0 N–H and O–H groups in total. The molecule has 8 heteroatoms. The van der Waals surface area contributed by atoms with Gasteiger partial charge in [0.05, 0.1) is 12.0 Å². The highest BCUT2D eigenvalue weighted by Gasteiger charge is 2.30. The van der Waals surface area contributed by atoms with Crippen LogP contribution in [0, 0.1) is 0 Å². The van der Waals surface area contributed by atoms with Crippen LogP contribution in [0.25, 0.3) is 0 Å². The second-order valence-corrected chi connectivity index (χ2v) is 7.40. The Balaban J connectivity index is 1.62. The maximum Gasteiger partial charge on any atom is 0.243 e. The second-order valence-electron chi connectivity index (χ2n) is 5.46. The molecule has 2 aromatic rings. The van der Waals surface area contributed by atoms with E-state index in [2.05, 4.69) is 10.2 Å². The van der Waals surface area contributed by atoms with E-state index in [-0.39, 0.29) is 11.0 Å². The molecule has 1 aliphatic rings. The molecule has 24 heavy (non-hydrogen) atoms. The fourth-order valence-corrected chi connectivity index (χ4v) is 4.08. The third kappa shape index (κ3) is 3.65. The quantitative estimate of drug-likeness (QED) is 0.817. The van der Waals surface area contributed by atoms with Crippen molar-refractivity contribution < 1.29 is 17.9 Å². The van der Waals surface area contributed by atoms with Gasteiger partial charge in [0, 0.05) is 25.4 Å². The normalized spacial score (nSPS) is 16.7. The molecule has 1 aromatic carbocycles. The maximum absolute atomic E-state index is 12.7. The fourth-order valence-electron chi connectivity index (χ4n) is 2.61. The Morgan fingerprint density at radius 3 is 2.42 bits per heavy atom. The van der Waals surface area contributed by atoms with E-state index >= 15 is 0 Å². The molecule has 0 bridgehead atoms. The van der Waals surface area contributed by atoms with Crippen molar-refractivity contribution in [3.8, 4) is 11.6 Å². The zero-order valence-electron chi connectivity index (χ0n) is 13.3. The van der Waals surface area contributed by atoms with Gasteiger partial charge in [-0.05, 0) is 43.2 Å². The van der Waals surface area contributed by atoms with Crippen LogP contribution in [-0.2, 0) is 10.0 Å². The number of piperidine rings is 1. The second kappa shape index (κ2) is 7.14. The van der Waals surface area contributed by atoms with Crippen molar-refractivity contribution in [3.63, 3.8) is 0 Å². The summed E-state index contributed by atoms with van der Waals surface area (Å²) < 4.78 is 37.6. The number of nitrogens with zero attached hydrogens (tertiary/aromatic N) is 3. The van der Waals surface area contributed by atoms with E-state index in [1.54, 1.807) is 49.7 Å². The van der Waals surface area contributed by atoms with Crippen molar-refractivity contribution in [2.24, 2.45) is 0 Å². The molecular weight excluding hydrogens is 330 g/mol. The molecule has 0 spiro atoms. The SMILES string of the molecule is COc1ccc(S(=O)(=O)N2CCC(Oc3cccnn3)CC2)cc1. The largest absolute Gasteiger partial charge is 0.497 e. The average molecular weight is 349 g/mol. The van der Waals surface area contributed by atoms with Gasteiger partial charge in [-0.25, -0.2) is 8.42 Å². The van der Waals surface area contributed by atoms with Gasteiger partial charge in [0.2, 0.25) is 15.9 Å². The summed E-state index contributed by atoms with van der Waals surface area (Å²) in [4.78, 5) is 0.275. The number of methoxy groups -OCH3 is 1. The summed E-state index contributed by atoms with van der Waals surface area (Å²) in [5.41, 5.74) is 0. The van der Waals surface area contributed by atoms with Gasteiger partial charge in [0.15, 0.2) is 0 Å². The molecule has 3 rings (SSSR count). The van der Waals surface area contributed by atoms with Gasteiger partial charge in [-0.15, -0.1) is 5.10 Å². The van der Waals surface area contributed by atoms with E-state index in [4.69, 9.17) is 9.47 Å². The highest BCUT2D eigenvalue weighted by molar-refractivity contribution is 7.89. The minimum atomic E-state index is -3.49. The van der Waals surface area contributed by atoms with Crippen molar-refractivity contribution in [1.82, 2.24) is 14.5 Å². The summed E-state index contributed by atoms with van der Waals surface area (Å²) >= 11 is 0. The molecule has 0 aliphatic carbocycles. The van der Waals surface area contributed by atoms with Crippen LogP contribution < -0.4 is 9.47 Å². The van der Waals surface area contributed by atoms with Crippen molar-refractivity contribution in [3.05, 3.63) is 42.6 Å². The van der Waals surface area contributed by atoms with Crippen molar-refractivity contribution in [2.75, 3.05) is 20.2 Å². The maximum atomic E-state index is 12.7. The van der Waals surface area contributed by atoms with Crippen LogP contribution in [0.4, 0.5) is 0 Å². The number of ether oxygens (including phenoxy) is 2. The highest BCUT2D eigenvalue weighted by Crippen LogP contribution is 2.24. The molecule has 0 atom stereocenters. The number of benzene rings is 1. The molecule has 0 saturated carbocycles. The number of hydrogen-bond acceptors (Lipinski definition) is 6. The van der Waals surface area contributed by atoms with E-state index in [0.717, 1.165) is 0 Å². The Bertz CT molecular complexity index is 758. The van der Waals surface area contributed by atoms with Crippen LogP contribution >= 0.6 is 0 Å². The predicted octanol–water partition coefficient (Wildman–Crippen LogP) is 1.72. The van der Waals surface area contributed by atoms with Crippen LogP contribution in [0.2, 0.25) is 0 Å². The first-order valence-electron chi connectivity index (χ1n) is 7.68. The Labute approximate surface area is 141 Å². The molecule has 0 unspecified atom stereocenters. The summed E-state index contributed by atoms with van der Waals surface area (Å²) in [6.45, 7) is 0.832. The zero-order valence-corrected chi connectivity index (χ0v) is 14.1. The van der Waals surface area contributed by atoms with Gasteiger partial charge in [0.25, 0.3) is 0 Å². The Hall–Kier alpha value is -2.19. The van der Waals surface area contributed by atoms with E-state index in [1.165, 1.54) is 4.31 Å². The molecule has 2 heterocycles. The smallest absolute Gasteiger partial charge is 0.243 e. The number of hydrogen-bond donors (Lipinski definition) is 0. The van der Waals surface area contributed by atoms with E-state index in [9.17, 15) is 8.42 Å². The summed E-state index contributed by atoms with van der Waals surface area (Å²) in [7, 11) is -1.94. The topological polar surface area (TPSA) is 81.6 Å². The molecular formula is C16H19N3O4S. The zero-order chi connectivity index (χ0) is 17.0. The Kier molecular flexibility index (Phi) is 4.96. The monoisotopic (exact) mass is 349 g/mol. The first-order chi connectivity index (χ1) is 11.6. The average Bonchev–Trinajstić information content (AvgIpc) is 2.63. The van der Waals surface area contributed by atoms with Crippen molar-refractivity contribution in [1.29, 1.82) is 0 Å². The summed E-state index contributed by atoms with van der Waals surface area (Å²) in [6, 6.07) is 9.93. The third-order valence-electron chi connectivity index (χ3n) is 3.93. The molecule has 7 nitrogen and oxygen atoms in total. The number of aromatic nitrogens is 2. The minimum Gasteiger partial charge on any atom is -0.497 e. The summed E-state index contributed by atoms with van der Waals surface area (Å²) in [5, 5.41) is 7.66. The first-order valence-corrected chi connectivity index (χ1v) is 9.12. The van der Waals surface area contributed by atoms with Crippen molar-refractivity contribution in [2.45, 2.75) is 23.8 Å². The highest BCUT2D eigenvalue weighted by atomic mass is 32.2. The molecule has 0 radical (unpaired) electrons. The molecule has 1 saturated heterocycles. The van der Waals surface area contributed by atoms with Crippen LogP contribution in [0.5, 0.6) is 11.6 Å². The van der Waals surface area contributed by atoms with Crippen molar-refractivity contribution >= 4 is 10.0 Å². The summed E-state index contributed by atoms with van der Waals surface area (Å²) in [5.74, 6) is 1.10. The van der Waals surface area contributed by atoms with Gasteiger partial charge < -0.3 is 9.47 Å². The Morgan fingerprint density at radius 2 is 1.83 bits per heavy atom. The molecule has 1 aromatic heterocycles. The lowest BCUT2D eigenvalue weighted by Crippen LogP contribution is -2.41. The van der Waals surface area contributed by atoms with Gasteiger partial charge in [0.1, 0.15) is 11.9 Å². The van der Waals surface area contributed by atoms with E-state index in [1.807, 2.05) is 0 Å². The molecule has 1 fully saturated rings. The minimum absolute atomic E-state index is 0.0518. The molecule has 1 aliphatic heterocycles. The lowest BCUT2D eigenvalue weighted by atomic mass is 10.1. The third-order valence-corrected chi connectivity index (χ3v) is 5.85. The van der Waals surface area contributed by atoms with Crippen LogP contribution in [0.3, 0.4) is 0 Å². The lowest BCUT2D eigenvalue weighted by molar-refractivity contribution is 0.128. The van der Waals surface area contributed by atoms with Crippen LogP contribution in [0.15, 0.2) is 47.5 Å². The lowest BCUT2D eigenvalue weighted by Gasteiger charge is -2.31. The van der Waals surface area contributed by atoms with E-state index in [0.29, 0.717) is 37.6 Å².